The van der Waals surface area contributed by atoms with E-state index in [-0.39, 0.29) is 21.9 Å². The van der Waals surface area contributed by atoms with Gasteiger partial charge in [0.1, 0.15) is 22.2 Å². The summed E-state index contributed by atoms with van der Waals surface area (Å²) in [5.74, 6) is -3.00. The normalized spacial score (nSPS) is 18.6. The van der Waals surface area contributed by atoms with Crippen LogP contribution in [0.5, 0.6) is 0 Å². The van der Waals surface area contributed by atoms with Crippen molar-refractivity contribution in [2.24, 2.45) is 0 Å². The number of hydrogen-bond acceptors (Lipinski definition) is 1. The maximum atomic E-state index is 15.9. The van der Waals surface area contributed by atoms with Crippen LogP contribution >= 0.6 is 14.8 Å². The molecule has 0 spiro atoms. The molecule has 0 bridgehead atoms. The van der Waals surface area contributed by atoms with Gasteiger partial charge < -0.3 is 0 Å². The lowest BCUT2D eigenvalue weighted by Crippen LogP contribution is -2.39. The highest BCUT2D eigenvalue weighted by molar-refractivity contribution is 7.97. The van der Waals surface area contributed by atoms with Gasteiger partial charge in [0.05, 0.1) is 25.3 Å². The first-order valence-electron chi connectivity index (χ1n) is 14.0. The highest BCUT2D eigenvalue weighted by Gasteiger charge is 2.61. The van der Waals surface area contributed by atoms with Crippen molar-refractivity contribution in [3.63, 3.8) is 0 Å². The molecule has 0 N–H and O–H groups in total. The maximum Gasteiger partial charge on any atom is 0.167 e. The van der Waals surface area contributed by atoms with Gasteiger partial charge in [-0.3, -0.25) is 0 Å². The fourth-order valence-corrected chi connectivity index (χ4v) is 16.9. The summed E-state index contributed by atoms with van der Waals surface area (Å²) in [4.78, 5) is 0. The molecule has 0 saturated carbocycles. The molecule has 214 valence electrons. The van der Waals surface area contributed by atoms with Crippen molar-refractivity contribution in [3.8, 4) is 0 Å². The van der Waals surface area contributed by atoms with Crippen molar-refractivity contribution in [2.45, 2.75) is 43.9 Å². The molecule has 1 nitrogen and oxygen atoms in total. The quantitative estimate of drug-likeness (QED) is 0.106. The third-order valence-electron chi connectivity index (χ3n) is 8.31. The molecule has 0 amide bonds. The summed E-state index contributed by atoms with van der Waals surface area (Å²) in [6.07, 6.45) is 3.33. The van der Waals surface area contributed by atoms with Crippen molar-refractivity contribution in [3.05, 3.63) is 145 Å². The Labute approximate surface area is 242 Å². The highest BCUT2D eigenvalue weighted by atomic mass is 31.2. The van der Waals surface area contributed by atoms with E-state index in [9.17, 15) is 8.78 Å². The molecule has 7 heteroatoms. The number of hydrogen-bond donors (Lipinski definition) is 0. The van der Waals surface area contributed by atoms with E-state index in [1.165, 1.54) is 24.3 Å². The fourth-order valence-electron chi connectivity index (χ4n) is 6.38. The van der Waals surface area contributed by atoms with Gasteiger partial charge in [-0.05, 0) is 54.7 Å². The van der Waals surface area contributed by atoms with Gasteiger partial charge in [0.2, 0.25) is 0 Å². The standard InChI is InChI=1S/C34H35F4NP2/c1-4-5-22-39(41(3,33-18-16-27(35)23-29(33)37)34-19-17-28(36)24-30(34)38)40(2)31(25-12-8-6-9-13-25)20-21-32(40)26-14-10-7-11-15-26/h6-19,23-24,31-32H,2-5,20-22H2,1H3/t31-,32-/m0/s1. The Kier molecular flexibility index (Phi) is 9.00. The van der Waals surface area contributed by atoms with Crippen LogP contribution in [0.25, 0.3) is 0 Å². The average molecular weight is 596 g/mol. The molecule has 1 aliphatic rings. The van der Waals surface area contributed by atoms with Gasteiger partial charge in [0, 0.05) is 19.5 Å². The maximum absolute atomic E-state index is 15.9. The summed E-state index contributed by atoms with van der Waals surface area (Å²) in [5, 5.41) is 0.295. The van der Waals surface area contributed by atoms with E-state index in [0.29, 0.717) is 6.54 Å². The molecule has 1 fully saturated rings. The van der Waals surface area contributed by atoms with Crippen LogP contribution in [0.4, 0.5) is 17.6 Å². The average Bonchev–Trinajstić information content (AvgIpc) is 3.31. The first-order valence-corrected chi connectivity index (χ1v) is 18.0. The van der Waals surface area contributed by atoms with Crippen LogP contribution in [0.15, 0.2) is 97.1 Å². The lowest BCUT2D eigenvalue weighted by atomic mass is 10.0. The van der Waals surface area contributed by atoms with Crippen LogP contribution in [-0.4, -0.2) is 11.0 Å². The lowest BCUT2D eigenvalue weighted by molar-refractivity contribution is 0.583. The molecule has 1 heterocycles. The summed E-state index contributed by atoms with van der Waals surface area (Å²) < 4.78 is 62.5. The minimum atomic E-state index is -3.37. The van der Waals surface area contributed by atoms with Crippen molar-refractivity contribution in [1.29, 1.82) is 0 Å². The number of nitrogens with zero attached hydrogens (tertiary/aromatic N) is 1. The molecule has 0 aromatic heterocycles. The van der Waals surface area contributed by atoms with E-state index in [1.807, 2.05) is 36.4 Å². The zero-order chi connectivity index (χ0) is 29.2. The molecular formula is C34H35F4NP2. The topological polar surface area (TPSA) is 3.24 Å². The van der Waals surface area contributed by atoms with Crippen molar-refractivity contribution in [2.75, 3.05) is 6.54 Å². The smallest absolute Gasteiger partial charge is 0.167 e. The largest absolute Gasteiger partial charge is 0.207 e. The molecule has 4 aromatic rings. The Morgan fingerprint density at radius 1 is 0.732 bits per heavy atom. The van der Waals surface area contributed by atoms with Crippen LogP contribution in [0.1, 0.15) is 55.1 Å². The zero-order valence-electron chi connectivity index (χ0n) is 23.2. The van der Waals surface area contributed by atoms with E-state index < -0.39 is 38.1 Å². The SMILES string of the molecule is [CH2-][P+](c1ccc(F)cc1F)(c1ccc(F)cc1F)N(CCCC)[P+]1([CH2-])[C@H](c2ccccc2)CC[C@H]1c1ccccc1. The van der Waals surface area contributed by atoms with Gasteiger partial charge in [-0.25, -0.2) is 17.6 Å². The van der Waals surface area contributed by atoms with Gasteiger partial charge in [-0.1, -0.05) is 74.0 Å². The lowest BCUT2D eigenvalue weighted by Gasteiger charge is -2.51. The van der Waals surface area contributed by atoms with Crippen LogP contribution in [0.2, 0.25) is 0 Å². The molecule has 4 aromatic carbocycles. The molecule has 1 saturated heterocycles. The predicted octanol–water partition coefficient (Wildman–Crippen LogP) is 10.0. The number of benzene rings is 4. The molecule has 1 aliphatic heterocycles. The number of halogens is 4. The zero-order valence-corrected chi connectivity index (χ0v) is 25.0. The second-order valence-electron chi connectivity index (χ2n) is 10.7. The number of rotatable bonds is 9. The van der Waals surface area contributed by atoms with Crippen molar-refractivity contribution >= 4 is 25.4 Å². The summed E-state index contributed by atoms with van der Waals surface area (Å²) >= 11 is 0. The van der Waals surface area contributed by atoms with Crippen molar-refractivity contribution < 1.29 is 17.6 Å². The first-order chi connectivity index (χ1) is 19.7. The molecule has 41 heavy (non-hydrogen) atoms. The van der Waals surface area contributed by atoms with Gasteiger partial charge in [-0.2, -0.15) is 6.66 Å². The van der Waals surface area contributed by atoms with E-state index in [0.717, 1.165) is 48.9 Å². The third-order valence-corrected chi connectivity index (χ3v) is 17.9. The minimum absolute atomic E-state index is 0.0268. The van der Waals surface area contributed by atoms with Crippen LogP contribution in [0.3, 0.4) is 0 Å². The Morgan fingerprint density at radius 3 is 1.56 bits per heavy atom. The summed E-state index contributed by atoms with van der Waals surface area (Å²) in [6, 6.07) is 27.3. The first kappa shape index (κ1) is 29.9. The summed E-state index contributed by atoms with van der Waals surface area (Å²) in [7, 11) is -5.96. The van der Waals surface area contributed by atoms with E-state index >= 15 is 8.78 Å². The molecular weight excluding hydrogens is 560 g/mol. The Morgan fingerprint density at radius 2 is 1.17 bits per heavy atom. The predicted molar refractivity (Wildman–Crippen MR) is 166 cm³/mol. The Balaban J connectivity index is 1.83. The molecule has 5 rings (SSSR count). The van der Waals surface area contributed by atoms with Gasteiger partial charge in [-0.15, -0.1) is 11.1 Å². The van der Waals surface area contributed by atoms with Gasteiger partial charge in [0.15, 0.2) is 11.6 Å². The highest BCUT2D eigenvalue weighted by Crippen LogP contribution is 2.91. The van der Waals surface area contributed by atoms with Crippen LogP contribution in [-0.2, 0) is 0 Å². The summed E-state index contributed by atoms with van der Waals surface area (Å²) in [5.41, 5.74) is 2.33. The Hall–Kier alpha value is -2.58. The van der Waals surface area contributed by atoms with Gasteiger partial charge >= 0.3 is 0 Å². The Bertz CT molecular complexity index is 1380. The minimum Gasteiger partial charge on any atom is -0.207 e. The second kappa shape index (κ2) is 12.3. The van der Waals surface area contributed by atoms with E-state index in [2.05, 4.69) is 35.6 Å². The van der Waals surface area contributed by atoms with E-state index in [4.69, 9.17) is 13.3 Å². The molecule has 2 atom stereocenters. The van der Waals surface area contributed by atoms with Crippen LogP contribution in [0, 0.1) is 36.6 Å². The molecule has 0 unspecified atom stereocenters. The monoisotopic (exact) mass is 595 g/mol. The fraction of sp³-hybridized carbons (Fsp3) is 0.235. The van der Waals surface area contributed by atoms with E-state index in [1.54, 1.807) is 0 Å². The molecule has 0 radical (unpaired) electrons. The van der Waals surface area contributed by atoms with Crippen LogP contribution < -0.4 is 10.6 Å². The van der Waals surface area contributed by atoms with Gasteiger partial charge in [0.25, 0.3) is 0 Å². The second-order valence-corrected chi connectivity index (χ2v) is 17.5. The number of unbranched alkanes of at least 4 members (excludes halogenated alkanes) is 1. The third kappa shape index (κ3) is 5.50. The molecule has 0 aliphatic carbocycles. The summed E-state index contributed by atoms with van der Waals surface area (Å²) in [6.45, 7) is 12.4. The van der Waals surface area contributed by atoms with Crippen molar-refractivity contribution in [1.82, 2.24) is 4.44 Å².